The molecule has 0 saturated heterocycles. The third-order valence-corrected chi connectivity index (χ3v) is 2.27. The molecule has 0 aliphatic rings. The van der Waals surface area contributed by atoms with E-state index in [4.69, 9.17) is 4.42 Å². The van der Waals surface area contributed by atoms with Crippen molar-refractivity contribution in [1.82, 2.24) is 0 Å². The molecule has 1 heteroatoms. The summed E-state index contributed by atoms with van der Waals surface area (Å²) in [5.41, 5.74) is 3.64. The van der Waals surface area contributed by atoms with Crippen molar-refractivity contribution in [2.75, 3.05) is 0 Å². The molecular formula is C13H13O. The van der Waals surface area contributed by atoms with Gasteiger partial charge in [0.1, 0.15) is 0 Å². The summed E-state index contributed by atoms with van der Waals surface area (Å²) in [6, 6.07) is 10.3. The van der Waals surface area contributed by atoms with Crippen LogP contribution in [0.25, 0.3) is 11.1 Å². The Balaban J connectivity index is 2.37. The zero-order valence-corrected chi connectivity index (χ0v) is 8.07. The highest BCUT2D eigenvalue weighted by molar-refractivity contribution is 5.65. The van der Waals surface area contributed by atoms with Crippen LogP contribution in [-0.4, -0.2) is 0 Å². The molecule has 1 aromatic heterocycles. The zero-order chi connectivity index (χ0) is 9.80. The Hall–Kier alpha value is -1.50. The maximum Gasteiger partial charge on any atom is 0.0983 e. The number of rotatable bonds is 3. The standard InChI is InChI=1S/C13H13O/c1-2-6-12-9-14-10-13(12)11-7-4-3-5-8-11/h3-5,7-10H,1-2,6H2. The summed E-state index contributed by atoms with van der Waals surface area (Å²) in [5.74, 6) is 0. The maximum absolute atomic E-state index is 5.22. The van der Waals surface area contributed by atoms with E-state index in [1.807, 2.05) is 24.5 Å². The van der Waals surface area contributed by atoms with Gasteiger partial charge in [-0.3, -0.25) is 0 Å². The third kappa shape index (κ3) is 1.72. The van der Waals surface area contributed by atoms with Gasteiger partial charge in [0.05, 0.1) is 12.5 Å². The minimum absolute atomic E-state index is 0.902. The van der Waals surface area contributed by atoms with Gasteiger partial charge >= 0.3 is 0 Å². The molecule has 71 valence electrons. The van der Waals surface area contributed by atoms with Crippen molar-refractivity contribution in [3.63, 3.8) is 0 Å². The number of hydrogen-bond donors (Lipinski definition) is 0. The lowest BCUT2D eigenvalue weighted by molar-refractivity contribution is 0.564. The Morgan fingerprint density at radius 3 is 2.57 bits per heavy atom. The SMILES string of the molecule is [CH2]CCc1cocc1-c1ccccc1. The number of aryl methyl sites for hydroxylation is 1. The minimum atomic E-state index is 0.902. The van der Waals surface area contributed by atoms with Gasteiger partial charge in [0.15, 0.2) is 0 Å². The number of hydrogen-bond acceptors (Lipinski definition) is 1. The van der Waals surface area contributed by atoms with Crippen LogP contribution in [-0.2, 0) is 6.42 Å². The molecule has 0 amide bonds. The monoisotopic (exact) mass is 185 g/mol. The summed E-state index contributed by atoms with van der Waals surface area (Å²) in [7, 11) is 0. The van der Waals surface area contributed by atoms with Gasteiger partial charge in [-0.05, 0) is 24.0 Å². The summed E-state index contributed by atoms with van der Waals surface area (Å²) in [5, 5.41) is 0. The molecule has 2 rings (SSSR count). The van der Waals surface area contributed by atoms with Crippen molar-refractivity contribution in [2.24, 2.45) is 0 Å². The van der Waals surface area contributed by atoms with E-state index in [2.05, 4.69) is 19.1 Å². The van der Waals surface area contributed by atoms with Gasteiger partial charge in [0, 0.05) is 5.56 Å². The Labute approximate surface area is 84.4 Å². The van der Waals surface area contributed by atoms with Gasteiger partial charge in [-0.25, -0.2) is 0 Å². The largest absolute Gasteiger partial charge is 0.472 e. The van der Waals surface area contributed by atoms with Crippen LogP contribution in [0.2, 0.25) is 0 Å². The molecule has 1 radical (unpaired) electrons. The molecule has 0 saturated carbocycles. The molecule has 0 atom stereocenters. The van der Waals surface area contributed by atoms with Crippen LogP contribution in [0.5, 0.6) is 0 Å². The van der Waals surface area contributed by atoms with Crippen LogP contribution >= 0.6 is 0 Å². The number of benzene rings is 1. The van der Waals surface area contributed by atoms with E-state index in [9.17, 15) is 0 Å². The average molecular weight is 185 g/mol. The van der Waals surface area contributed by atoms with E-state index < -0.39 is 0 Å². The van der Waals surface area contributed by atoms with Crippen LogP contribution in [0.3, 0.4) is 0 Å². The van der Waals surface area contributed by atoms with Gasteiger partial charge < -0.3 is 4.42 Å². The fourth-order valence-electron chi connectivity index (χ4n) is 1.58. The molecule has 0 unspecified atom stereocenters. The summed E-state index contributed by atoms with van der Waals surface area (Å²) in [6.07, 6.45) is 5.49. The van der Waals surface area contributed by atoms with E-state index in [0.717, 1.165) is 12.8 Å². The average Bonchev–Trinajstić information content (AvgIpc) is 2.68. The summed E-state index contributed by atoms with van der Waals surface area (Å²) < 4.78 is 5.22. The topological polar surface area (TPSA) is 13.1 Å². The molecule has 0 fully saturated rings. The number of furan rings is 1. The molecule has 1 nitrogen and oxygen atoms in total. The second kappa shape index (κ2) is 4.14. The van der Waals surface area contributed by atoms with Gasteiger partial charge in [-0.1, -0.05) is 37.3 Å². The van der Waals surface area contributed by atoms with Crippen molar-refractivity contribution in [3.8, 4) is 11.1 Å². The zero-order valence-electron chi connectivity index (χ0n) is 8.07. The Bertz CT molecular complexity index is 387. The molecule has 0 aliphatic heterocycles. The fraction of sp³-hybridized carbons (Fsp3) is 0.154. The molecule has 0 aliphatic carbocycles. The molecule has 2 aromatic rings. The predicted molar refractivity (Wildman–Crippen MR) is 57.8 cm³/mol. The van der Waals surface area contributed by atoms with Crippen molar-refractivity contribution < 1.29 is 4.42 Å². The van der Waals surface area contributed by atoms with Crippen LogP contribution in [0, 0.1) is 6.92 Å². The molecule has 1 aromatic carbocycles. The molecule has 14 heavy (non-hydrogen) atoms. The Morgan fingerprint density at radius 1 is 1.07 bits per heavy atom. The van der Waals surface area contributed by atoms with Crippen LogP contribution in [0.1, 0.15) is 12.0 Å². The second-order valence-corrected chi connectivity index (χ2v) is 3.28. The fourth-order valence-corrected chi connectivity index (χ4v) is 1.58. The van der Waals surface area contributed by atoms with Crippen LogP contribution < -0.4 is 0 Å². The van der Waals surface area contributed by atoms with Crippen LogP contribution in [0.15, 0.2) is 47.3 Å². The Morgan fingerprint density at radius 2 is 1.86 bits per heavy atom. The van der Waals surface area contributed by atoms with Gasteiger partial charge in [0.2, 0.25) is 0 Å². The lowest BCUT2D eigenvalue weighted by Gasteiger charge is -2.00. The third-order valence-electron chi connectivity index (χ3n) is 2.27. The van der Waals surface area contributed by atoms with Crippen molar-refractivity contribution in [2.45, 2.75) is 12.8 Å². The summed E-state index contributed by atoms with van der Waals surface area (Å²) in [4.78, 5) is 0. The maximum atomic E-state index is 5.22. The van der Waals surface area contributed by atoms with Crippen molar-refractivity contribution >= 4 is 0 Å². The van der Waals surface area contributed by atoms with E-state index >= 15 is 0 Å². The first-order valence-corrected chi connectivity index (χ1v) is 4.81. The molecule has 1 heterocycles. The summed E-state index contributed by atoms with van der Waals surface area (Å²) in [6.45, 7) is 3.85. The molecule has 0 N–H and O–H groups in total. The predicted octanol–water partition coefficient (Wildman–Crippen LogP) is 3.71. The van der Waals surface area contributed by atoms with E-state index in [1.165, 1.54) is 16.7 Å². The summed E-state index contributed by atoms with van der Waals surface area (Å²) >= 11 is 0. The van der Waals surface area contributed by atoms with E-state index in [1.54, 1.807) is 6.26 Å². The molecular weight excluding hydrogens is 172 g/mol. The Kier molecular flexibility index (Phi) is 2.68. The first-order valence-electron chi connectivity index (χ1n) is 4.81. The highest BCUT2D eigenvalue weighted by Gasteiger charge is 2.05. The lowest BCUT2D eigenvalue weighted by Crippen LogP contribution is -1.83. The van der Waals surface area contributed by atoms with Crippen molar-refractivity contribution in [1.29, 1.82) is 0 Å². The minimum Gasteiger partial charge on any atom is -0.472 e. The lowest BCUT2D eigenvalue weighted by atomic mass is 10.0. The normalized spacial score (nSPS) is 10.4. The smallest absolute Gasteiger partial charge is 0.0983 e. The first-order chi connectivity index (χ1) is 6.92. The van der Waals surface area contributed by atoms with Gasteiger partial charge in [-0.15, -0.1) is 0 Å². The van der Waals surface area contributed by atoms with Crippen LogP contribution in [0.4, 0.5) is 0 Å². The van der Waals surface area contributed by atoms with E-state index in [-0.39, 0.29) is 0 Å². The van der Waals surface area contributed by atoms with Gasteiger partial charge in [-0.2, -0.15) is 0 Å². The first kappa shape index (κ1) is 9.07. The van der Waals surface area contributed by atoms with Gasteiger partial charge in [0.25, 0.3) is 0 Å². The molecule has 0 bridgehead atoms. The van der Waals surface area contributed by atoms with Crippen molar-refractivity contribution in [3.05, 3.63) is 55.3 Å². The highest BCUT2D eigenvalue weighted by Crippen LogP contribution is 2.25. The second-order valence-electron chi connectivity index (χ2n) is 3.28. The van der Waals surface area contributed by atoms with E-state index in [0.29, 0.717) is 0 Å². The molecule has 0 spiro atoms. The quantitative estimate of drug-likeness (QED) is 0.710. The highest BCUT2D eigenvalue weighted by atomic mass is 16.3.